The number of hydrogen-bond acceptors (Lipinski definition) is 3. The van der Waals surface area contributed by atoms with Crippen molar-refractivity contribution in [2.45, 2.75) is 6.42 Å². The lowest BCUT2D eigenvalue weighted by Crippen LogP contribution is -2.21. The fourth-order valence-electron chi connectivity index (χ4n) is 2.64. The second-order valence-corrected chi connectivity index (χ2v) is 6.35. The molecule has 2 aromatic rings. The van der Waals surface area contributed by atoms with Gasteiger partial charge in [-0.05, 0) is 42.8 Å². The average molecular weight is 341 g/mol. The summed E-state index contributed by atoms with van der Waals surface area (Å²) >= 11 is 0. The Morgan fingerprint density at radius 2 is 1.56 bits per heavy atom. The van der Waals surface area contributed by atoms with E-state index >= 15 is 0 Å². The molecule has 0 bridgehead atoms. The van der Waals surface area contributed by atoms with E-state index < -0.39 is 11.7 Å². The molecule has 0 spiro atoms. The van der Waals surface area contributed by atoms with Crippen LogP contribution >= 0.6 is 0 Å². The van der Waals surface area contributed by atoms with Crippen molar-refractivity contribution >= 4 is 28.9 Å². The minimum Gasteiger partial charge on any atom is -0.378 e. The molecule has 5 nitrogen and oxygen atoms in total. The molecule has 2 aromatic carbocycles. The Labute approximate surface area is 145 Å². The Hall–Kier alpha value is -2.89. The minimum atomic E-state index is -0.488. The van der Waals surface area contributed by atoms with E-state index in [-0.39, 0.29) is 23.4 Å². The molecule has 1 fully saturated rings. The molecule has 0 saturated heterocycles. The van der Waals surface area contributed by atoms with E-state index in [1.807, 2.05) is 43.3 Å². The first kappa shape index (κ1) is 17.0. The van der Waals surface area contributed by atoms with Crippen LogP contribution in [0.2, 0.25) is 0 Å². The van der Waals surface area contributed by atoms with Crippen molar-refractivity contribution in [3.8, 4) is 0 Å². The number of carbonyl (C=O) groups is 2. The van der Waals surface area contributed by atoms with Gasteiger partial charge in [0.2, 0.25) is 11.8 Å². The molecular weight excluding hydrogens is 321 g/mol. The van der Waals surface area contributed by atoms with Crippen LogP contribution in [0.15, 0.2) is 48.5 Å². The zero-order valence-electron chi connectivity index (χ0n) is 14.1. The Morgan fingerprint density at radius 1 is 0.960 bits per heavy atom. The highest BCUT2D eigenvalue weighted by Crippen LogP contribution is 2.40. The van der Waals surface area contributed by atoms with Crippen LogP contribution < -0.4 is 15.5 Å². The monoisotopic (exact) mass is 341 g/mol. The fraction of sp³-hybridized carbons (Fsp3) is 0.263. The number of para-hydroxylation sites is 1. The predicted molar refractivity (Wildman–Crippen MR) is 96.0 cm³/mol. The number of nitrogens with zero attached hydrogens (tertiary/aromatic N) is 1. The molecule has 0 heterocycles. The topological polar surface area (TPSA) is 61.4 Å². The van der Waals surface area contributed by atoms with Gasteiger partial charge in [-0.3, -0.25) is 9.59 Å². The van der Waals surface area contributed by atoms with Crippen molar-refractivity contribution in [3.05, 3.63) is 54.3 Å². The highest BCUT2D eigenvalue weighted by atomic mass is 19.1. The molecule has 2 N–H and O–H groups in total. The maximum absolute atomic E-state index is 13.6. The summed E-state index contributed by atoms with van der Waals surface area (Å²) in [5.41, 5.74) is 1.86. The number of benzene rings is 2. The van der Waals surface area contributed by atoms with Crippen LogP contribution in [0.5, 0.6) is 0 Å². The van der Waals surface area contributed by atoms with E-state index in [0.29, 0.717) is 12.1 Å². The summed E-state index contributed by atoms with van der Waals surface area (Å²) in [7, 11) is 3.88. The molecule has 2 amide bonds. The molecule has 6 heteroatoms. The Morgan fingerprint density at radius 3 is 2.16 bits per heavy atom. The standard InChI is InChI=1S/C19H20FN3O2/c1-23(2)13-9-7-12(8-10-13)21-18(24)14-11-15(14)19(25)22-17-6-4-3-5-16(17)20/h3-10,14-15H,11H2,1-2H3,(H,21,24)(H,22,25). The van der Waals surface area contributed by atoms with Gasteiger partial charge >= 0.3 is 0 Å². The van der Waals surface area contributed by atoms with E-state index in [1.165, 1.54) is 12.1 Å². The van der Waals surface area contributed by atoms with Crippen LogP contribution in [0.25, 0.3) is 0 Å². The minimum absolute atomic E-state index is 0.137. The quantitative estimate of drug-likeness (QED) is 0.878. The van der Waals surface area contributed by atoms with Gasteiger partial charge in [0.15, 0.2) is 0 Å². The number of amides is 2. The third-order valence-corrected chi connectivity index (χ3v) is 4.25. The normalized spacial score (nSPS) is 18.4. The van der Waals surface area contributed by atoms with Gasteiger partial charge in [0.25, 0.3) is 0 Å². The number of halogens is 1. The zero-order chi connectivity index (χ0) is 18.0. The third-order valence-electron chi connectivity index (χ3n) is 4.25. The van der Waals surface area contributed by atoms with E-state index in [4.69, 9.17) is 0 Å². The Balaban J connectivity index is 1.55. The number of anilines is 3. The third kappa shape index (κ3) is 3.96. The van der Waals surface area contributed by atoms with Gasteiger partial charge < -0.3 is 15.5 Å². The largest absolute Gasteiger partial charge is 0.378 e. The molecule has 0 radical (unpaired) electrons. The zero-order valence-corrected chi connectivity index (χ0v) is 14.1. The Bertz CT molecular complexity index is 790. The van der Waals surface area contributed by atoms with Crippen LogP contribution in [0, 0.1) is 17.7 Å². The van der Waals surface area contributed by atoms with Gasteiger partial charge in [-0.15, -0.1) is 0 Å². The number of nitrogens with one attached hydrogen (secondary N) is 2. The van der Waals surface area contributed by atoms with Crippen molar-refractivity contribution in [3.63, 3.8) is 0 Å². The molecule has 2 unspecified atom stereocenters. The summed E-state index contributed by atoms with van der Waals surface area (Å²) in [6, 6.07) is 13.4. The van der Waals surface area contributed by atoms with E-state index in [0.717, 1.165) is 5.69 Å². The lowest BCUT2D eigenvalue weighted by molar-refractivity contribution is -0.122. The first-order valence-electron chi connectivity index (χ1n) is 8.09. The predicted octanol–water partition coefficient (Wildman–Crippen LogP) is 3.11. The summed E-state index contributed by atoms with van der Waals surface area (Å²) in [5.74, 6) is -1.79. The molecule has 1 saturated carbocycles. The summed E-state index contributed by atoms with van der Waals surface area (Å²) in [5, 5.41) is 5.36. The van der Waals surface area contributed by atoms with E-state index in [1.54, 1.807) is 12.1 Å². The Kier molecular flexibility index (Phi) is 4.70. The molecule has 1 aliphatic carbocycles. The maximum atomic E-state index is 13.6. The lowest BCUT2D eigenvalue weighted by atomic mass is 10.2. The van der Waals surface area contributed by atoms with Crippen LogP contribution in [0.4, 0.5) is 21.5 Å². The van der Waals surface area contributed by atoms with Gasteiger partial charge in [0.05, 0.1) is 17.5 Å². The van der Waals surface area contributed by atoms with Gasteiger partial charge in [-0.2, -0.15) is 0 Å². The van der Waals surface area contributed by atoms with Gasteiger partial charge in [0, 0.05) is 25.5 Å². The smallest absolute Gasteiger partial charge is 0.228 e. The molecule has 130 valence electrons. The highest BCUT2D eigenvalue weighted by Gasteiger charge is 2.48. The van der Waals surface area contributed by atoms with Gasteiger partial charge in [-0.1, -0.05) is 12.1 Å². The summed E-state index contributed by atoms with van der Waals surface area (Å²) < 4.78 is 13.6. The van der Waals surface area contributed by atoms with Crippen molar-refractivity contribution in [1.29, 1.82) is 0 Å². The summed E-state index contributed by atoms with van der Waals surface area (Å²) in [6.07, 6.45) is 0.474. The summed E-state index contributed by atoms with van der Waals surface area (Å²) in [4.78, 5) is 26.4. The van der Waals surface area contributed by atoms with Crippen LogP contribution in [0.3, 0.4) is 0 Å². The lowest BCUT2D eigenvalue weighted by Gasteiger charge is -2.13. The van der Waals surface area contributed by atoms with Crippen LogP contribution in [-0.4, -0.2) is 25.9 Å². The van der Waals surface area contributed by atoms with Crippen LogP contribution in [-0.2, 0) is 9.59 Å². The van der Waals surface area contributed by atoms with Gasteiger partial charge in [-0.25, -0.2) is 4.39 Å². The molecule has 0 aliphatic heterocycles. The molecule has 2 atom stereocenters. The van der Waals surface area contributed by atoms with Crippen LogP contribution in [0.1, 0.15) is 6.42 Å². The molecule has 25 heavy (non-hydrogen) atoms. The first-order chi connectivity index (χ1) is 12.0. The second kappa shape index (κ2) is 6.93. The maximum Gasteiger partial charge on any atom is 0.228 e. The number of rotatable bonds is 5. The first-order valence-corrected chi connectivity index (χ1v) is 8.09. The van der Waals surface area contributed by atoms with Crippen molar-refractivity contribution in [1.82, 2.24) is 0 Å². The van der Waals surface area contributed by atoms with Crippen molar-refractivity contribution in [2.75, 3.05) is 29.6 Å². The van der Waals surface area contributed by atoms with E-state index in [9.17, 15) is 14.0 Å². The molecular formula is C19H20FN3O2. The number of carbonyl (C=O) groups excluding carboxylic acids is 2. The molecule has 1 aliphatic rings. The molecule has 0 aromatic heterocycles. The highest BCUT2D eigenvalue weighted by molar-refractivity contribution is 6.03. The average Bonchev–Trinajstić information content (AvgIpc) is 3.38. The van der Waals surface area contributed by atoms with Crippen molar-refractivity contribution in [2.24, 2.45) is 11.8 Å². The fourth-order valence-corrected chi connectivity index (χ4v) is 2.64. The molecule has 3 rings (SSSR count). The van der Waals surface area contributed by atoms with Gasteiger partial charge in [0.1, 0.15) is 5.82 Å². The van der Waals surface area contributed by atoms with Crippen molar-refractivity contribution < 1.29 is 14.0 Å². The van der Waals surface area contributed by atoms with E-state index in [2.05, 4.69) is 10.6 Å². The second-order valence-electron chi connectivity index (χ2n) is 6.35. The SMILES string of the molecule is CN(C)c1ccc(NC(=O)C2CC2C(=O)Nc2ccccc2F)cc1. The number of hydrogen-bond donors (Lipinski definition) is 2. The summed E-state index contributed by atoms with van der Waals surface area (Å²) in [6.45, 7) is 0.